The molecule has 0 radical (unpaired) electrons. The van der Waals surface area contributed by atoms with Crippen LogP contribution in [0, 0.1) is 0 Å². The van der Waals surface area contributed by atoms with Gasteiger partial charge in [0.2, 0.25) is 5.91 Å². The van der Waals surface area contributed by atoms with Crippen LogP contribution in [0.25, 0.3) is 11.1 Å². The number of rotatable bonds is 11. The highest BCUT2D eigenvalue weighted by atomic mass is 16.5. The number of ether oxygens (including phenoxy) is 2. The molecule has 0 aliphatic heterocycles. The minimum Gasteiger partial charge on any atom is -0.481 e. The van der Waals surface area contributed by atoms with Crippen molar-refractivity contribution in [1.82, 2.24) is 10.6 Å². The van der Waals surface area contributed by atoms with Crippen LogP contribution in [0.5, 0.6) is 0 Å². The molecule has 2 amide bonds. The molecule has 3 rings (SSSR count). The monoisotopic (exact) mass is 456 g/mol. The van der Waals surface area contributed by atoms with E-state index in [9.17, 15) is 19.5 Å². The van der Waals surface area contributed by atoms with Crippen LogP contribution in [0.2, 0.25) is 0 Å². The van der Waals surface area contributed by atoms with Crippen molar-refractivity contribution in [2.24, 2.45) is 0 Å². The molecule has 4 N–H and O–H groups in total. The highest BCUT2D eigenvalue weighted by molar-refractivity contribution is 5.79. The summed E-state index contributed by atoms with van der Waals surface area (Å²) in [6, 6.07) is 16.1. The number of carbonyl (C=O) groups is 3. The maximum Gasteiger partial charge on any atom is 0.407 e. The van der Waals surface area contributed by atoms with E-state index in [1.165, 1.54) is 6.92 Å². The largest absolute Gasteiger partial charge is 0.481 e. The van der Waals surface area contributed by atoms with Crippen LogP contribution in [0.3, 0.4) is 0 Å². The summed E-state index contributed by atoms with van der Waals surface area (Å²) >= 11 is 0. The second kappa shape index (κ2) is 10.9. The van der Waals surface area contributed by atoms with E-state index in [4.69, 9.17) is 14.6 Å². The lowest BCUT2D eigenvalue weighted by atomic mass is 9.98. The van der Waals surface area contributed by atoms with Crippen molar-refractivity contribution in [2.75, 3.05) is 32.9 Å². The number of nitrogens with one attached hydrogen (secondary N) is 2. The number of carboxylic acid groups (broad SMARTS) is 1. The van der Waals surface area contributed by atoms with Crippen LogP contribution in [0.4, 0.5) is 4.79 Å². The third-order valence-electron chi connectivity index (χ3n) is 5.29. The van der Waals surface area contributed by atoms with Gasteiger partial charge in [-0.25, -0.2) is 4.79 Å². The van der Waals surface area contributed by atoms with Crippen LogP contribution in [-0.2, 0) is 19.1 Å². The zero-order valence-corrected chi connectivity index (χ0v) is 18.4. The molecule has 0 fully saturated rings. The molecule has 0 heterocycles. The minimum absolute atomic E-state index is 0.0265. The topological polar surface area (TPSA) is 134 Å². The van der Waals surface area contributed by atoms with E-state index in [-0.39, 0.29) is 38.8 Å². The molecule has 1 unspecified atom stereocenters. The lowest BCUT2D eigenvalue weighted by molar-refractivity contribution is -0.142. The Bertz CT molecular complexity index is 960. The van der Waals surface area contributed by atoms with E-state index in [1.54, 1.807) is 0 Å². The zero-order chi connectivity index (χ0) is 23.8. The van der Waals surface area contributed by atoms with Gasteiger partial charge in [0.15, 0.2) is 0 Å². The van der Waals surface area contributed by atoms with Crippen LogP contribution in [0.15, 0.2) is 48.5 Å². The Balaban J connectivity index is 1.34. The molecule has 1 atom stereocenters. The van der Waals surface area contributed by atoms with Crippen molar-refractivity contribution in [3.63, 3.8) is 0 Å². The van der Waals surface area contributed by atoms with Crippen molar-refractivity contribution in [3.05, 3.63) is 59.7 Å². The molecular weight excluding hydrogens is 428 g/mol. The average molecular weight is 456 g/mol. The normalized spacial score (nSPS) is 14.0. The fraction of sp³-hybridized carbons (Fsp3) is 0.375. The van der Waals surface area contributed by atoms with E-state index in [1.807, 2.05) is 36.4 Å². The van der Waals surface area contributed by atoms with E-state index in [0.29, 0.717) is 0 Å². The summed E-state index contributed by atoms with van der Waals surface area (Å²) in [6.07, 6.45) is -1.06. The van der Waals surface area contributed by atoms with Crippen molar-refractivity contribution in [2.45, 2.75) is 24.9 Å². The van der Waals surface area contributed by atoms with Crippen LogP contribution < -0.4 is 10.6 Å². The Kier molecular flexibility index (Phi) is 8.02. The molecule has 0 saturated carbocycles. The van der Waals surface area contributed by atoms with Crippen LogP contribution >= 0.6 is 0 Å². The number of hydrogen-bond acceptors (Lipinski definition) is 6. The predicted molar refractivity (Wildman–Crippen MR) is 120 cm³/mol. The number of fused-ring (bicyclic) bond motifs is 3. The van der Waals surface area contributed by atoms with Crippen molar-refractivity contribution in [3.8, 4) is 11.1 Å². The summed E-state index contributed by atoms with van der Waals surface area (Å²) in [5.41, 5.74) is 3.01. The van der Waals surface area contributed by atoms with Gasteiger partial charge in [0.25, 0.3) is 0 Å². The van der Waals surface area contributed by atoms with Gasteiger partial charge in [-0.1, -0.05) is 48.5 Å². The third-order valence-corrected chi connectivity index (χ3v) is 5.29. The van der Waals surface area contributed by atoms with Gasteiger partial charge in [-0.2, -0.15) is 0 Å². The molecule has 0 aromatic heterocycles. The Labute approximate surface area is 191 Å². The Morgan fingerprint density at radius 2 is 1.61 bits per heavy atom. The fourth-order valence-electron chi connectivity index (χ4n) is 3.77. The molecule has 9 heteroatoms. The number of amides is 2. The lowest BCUT2D eigenvalue weighted by Gasteiger charge is -2.21. The van der Waals surface area contributed by atoms with Gasteiger partial charge in [0, 0.05) is 19.0 Å². The van der Waals surface area contributed by atoms with Gasteiger partial charge in [-0.15, -0.1) is 0 Å². The highest BCUT2D eigenvalue weighted by Gasteiger charge is 2.29. The molecule has 1 aliphatic rings. The molecule has 33 heavy (non-hydrogen) atoms. The minimum atomic E-state index is -1.55. The molecule has 2 aromatic carbocycles. The Morgan fingerprint density at radius 1 is 1.00 bits per heavy atom. The summed E-state index contributed by atoms with van der Waals surface area (Å²) in [5, 5.41) is 23.5. The van der Waals surface area contributed by atoms with Gasteiger partial charge in [0.1, 0.15) is 13.2 Å². The lowest BCUT2D eigenvalue weighted by Crippen LogP contribution is -2.43. The molecule has 9 nitrogen and oxygen atoms in total. The third kappa shape index (κ3) is 6.77. The highest BCUT2D eigenvalue weighted by Crippen LogP contribution is 2.44. The molecule has 0 spiro atoms. The second-order valence-electron chi connectivity index (χ2n) is 8.15. The van der Waals surface area contributed by atoms with E-state index < -0.39 is 30.0 Å². The second-order valence-corrected chi connectivity index (χ2v) is 8.15. The molecule has 1 aliphatic carbocycles. The van der Waals surface area contributed by atoms with Gasteiger partial charge in [0.05, 0.1) is 18.6 Å². The smallest absolute Gasteiger partial charge is 0.407 e. The number of hydrogen-bond donors (Lipinski definition) is 4. The number of carboxylic acids is 1. The average Bonchev–Trinajstić information content (AvgIpc) is 3.09. The number of aliphatic carboxylic acids is 1. The van der Waals surface area contributed by atoms with Crippen molar-refractivity contribution in [1.29, 1.82) is 0 Å². The Morgan fingerprint density at radius 3 is 2.21 bits per heavy atom. The van der Waals surface area contributed by atoms with E-state index >= 15 is 0 Å². The summed E-state index contributed by atoms with van der Waals surface area (Å²) in [6.45, 7) is 1.28. The predicted octanol–water partition coefficient (Wildman–Crippen LogP) is 1.88. The van der Waals surface area contributed by atoms with Gasteiger partial charge >= 0.3 is 12.1 Å². The summed E-state index contributed by atoms with van der Waals surface area (Å²) < 4.78 is 10.6. The van der Waals surface area contributed by atoms with E-state index in [0.717, 1.165) is 22.3 Å². The zero-order valence-electron chi connectivity index (χ0n) is 18.4. The first kappa shape index (κ1) is 24.2. The fourth-order valence-corrected chi connectivity index (χ4v) is 3.77. The van der Waals surface area contributed by atoms with Crippen LogP contribution in [-0.4, -0.2) is 66.7 Å². The number of benzene rings is 2. The van der Waals surface area contributed by atoms with E-state index in [2.05, 4.69) is 22.8 Å². The first-order valence-electron chi connectivity index (χ1n) is 10.6. The van der Waals surface area contributed by atoms with Gasteiger partial charge in [-0.3, -0.25) is 9.59 Å². The first-order valence-corrected chi connectivity index (χ1v) is 10.6. The number of aliphatic hydroxyl groups is 1. The molecule has 0 saturated heterocycles. The number of carbonyl (C=O) groups excluding carboxylic acids is 2. The first-order chi connectivity index (χ1) is 15.8. The summed E-state index contributed by atoms with van der Waals surface area (Å²) in [7, 11) is 0. The van der Waals surface area contributed by atoms with Gasteiger partial charge < -0.3 is 30.3 Å². The SMILES string of the molecule is CC(O)(CNC(=O)COCCNC(=O)OCC1c2ccccc2-c2ccccc21)CC(=O)O. The van der Waals surface area contributed by atoms with Crippen molar-refractivity contribution < 1.29 is 34.1 Å². The molecule has 0 bridgehead atoms. The molecular formula is C24H28N2O7. The maximum absolute atomic E-state index is 12.1. The Hall–Kier alpha value is -3.43. The quantitative estimate of drug-likeness (QED) is 0.379. The standard InChI is InChI=1S/C24H28N2O7/c1-24(31,12-22(28)29)15-26-21(27)14-32-11-10-25-23(30)33-13-20-18-8-4-2-6-16(18)17-7-3-5-9-19(17)20/h2-9,20,31H,10-15H2,1H3,(H,25,30)(H,26,27)(H,28,29). The molecule has 2 aromatic rings. The number of alkyl carbamates (subject to hydrolysis) is 1. The molecule has 176 valence electrons. The van der Waals surface area contributed by atoms with Crippen LogP contribution in [0.1, 0.15) is 30.4 Å². The van der Waals surface area contributed by atoms with Crippen molar-refractivity contribution >= 4 is 18.0 Å². The van der Waals surface area contributed by atoms with Gasteiger partial charge in [-0.05, 0) is 29.2 Å². The summed E-state index contributed by atoms with van der Waals surface area (Å²) in [4.78, 5) is 34.4. The summed E-state index contributed by atoms with van der Waals surface area (Å²) in [5.74, 6) is -1.69. The maximum atomic E-state index is 12.1.